The summed E-state index contributed by atoms with van der Waals surface area (Å²) in [4.78, 5) is 23.8. The standard InChI is InChI=1S/C17H19BrO4/c1-3-11-8-16(2,14(19)20)10-17(9-11,15(21)22)12-5-4-6-13(18)7-12/h4-7,9H,3,8,10H2,1-2H3,(H,19,20)(H,21,22). The lowest BCUT2D eigenvalue weighted by atomic mass is 9.61. The zero-order valence-electron chi connectivity index (χ0n) is 12.6. The number of carboxylic acid groups (broad SMARTS) is 2. The van der Waals surface area contributed by atoms with Gasteiger partial charge < -0.3 is 10.2 Å². The van der Waals surface area contributed by atoms with Gasteiger partial charge in [-0.1, -0.05) is 46.6 Å². The third-order valence-corrected chi connectivity index (χ3v) is 4.92. The number of hydrogen-bond acceptors (Lipinski definition) is 2. The minimum atomic E-state index is -1.31. The smallest absolute Gasteiger partial charge is 0.318 e. The number of benzene rings is 1. The molecule has 1 aromatic rings. The molecule has 118 valence electrons. The Morgan fingerprint density at radius 3 is 2.45 bits per heavy atom. The van der Waals surface area contributed by atoms with Gasteiger partial charge in [0.1, 0.15) is 5.41 Å². The predicted octanol–water partition coefficient (Wildman–Crippen LogP) is 3.99. The van der Waals surface area contributed by atoms with E-state index in [2.05, 4.69) is 15.9 Å². The summed E-state index contributed by atoms with van der Waals surface area (Å²) in [7, 11) is 0. The molecule has 1 aromatic carbocycles. The van der Waals surface area contributed by atoms with E-state index in [0.29, 0.717) is 18.4 Å². The Labute approximate surface area is 138 Å². The number of carbonyl (C=O) groups is 2. The summed E-state index contributed by atoms with van der Waals surface area (Å²) in [5.41, 5.74) is -0.910. The zero-order chi connectivity index (χ0) is 16.5. The highest BCUT2D eigenvalue weighted by Gasteiger charge is 2.51. The Hall–Kier alpha value is -1.62. The first-order valence-electron chi connectivity index (χ1n) is 7.17. The Bertz CT molecular complexity index is 652. The zero-order valence-corrected chi connectivity index (χ0v) is 14.2. The first-order chi connectivity index (χ1) is 10.2. The van der Waals surface area contributed by atoms with Crippen LogP contribution in [0.4, 0.5) is 0 Å². The fourth-order valence-electron chi connectivity index (χ4n) is 3.22. The molecule has 0 amide bonds. The molecular formula is C17H19BrO4. The maximum atomic E-state index is 12.1. The molecule has 1 aliphatic rings. The molecule has 0 radical (unpaired) electrons. The molecule has 0 fully saturated rings. The second-order valence-electron chi connectivity index (χ2n) is 6.16. The average molecular weight is 367 g/mol. The fourth-order valence-corrected chi connectivity index (χ4v) is 3.62. The van der Waals surface area contributed by atoms with E-state index in [9.17, 15) is 19.8 Å². The molecule has 0 saturated heterocycles. The summed E-state index contributed by atoms with van der Waals surface area (Å²) >= 11 is 3.36. The summed E-state index contributed by atoms with van der Waals surface area (Å²) < 4.78 is 0.777. The number of aliphatic carboxylic acids is 2. The van der Waals surface area contributed by atoms with Gasteiger partial charge in [-0.3, -0.25) is 9.59 Å². The first kappa shape index (κ1) is 16.7. The highest BCUT2D eigenvalue weighted by Crippen LogP contribution is 2.48. The highest BCUT2D eigenvalue weighted by atomic mass is 79.9. The van der Waals surface area contributed by atoms with Crippen molar-refractivity contribution in [1.29, 1.82) is 0 Å². The lowest BCUT2D eigenvalue weighted by Gasteiger charge is -2.40. The van der Waals surface area contributed by atoms with E-state index < -0.39 is 22.8 Å². The van der Waals surface area contributed by atoms with Crippen molar-refractivity contribution in [3.05, 3.63) is 46.0 Å². The first-order valence-corrected chi connectivity index (χ1v) is 7.96. The second kappa shape index (κ2) is 5.88. The number of rotatable bonds is 4. The molecule has 0 aliphatic heterocycles. The molecule has 1 aliphatic carbocycles. The summed E-state index contributed by atoms with van der Waals surface area (Å²) in [6.07, 6.45) is 2.83. The van der Waals surface area contributed by atoms with E-state index in [1.165, 1.54) is 0 Å². The van der Waals surface area contributed by atoms with E-state index in [0.717, 1.165) is 10.0 Å². The van der Waals surface area contributed by atoms with Crippen LogP contribution in [0, 0.1) is 5.41 Å². The molecule has 0 bridgehead atoms. The number of allylic oxidation sites excluding steroid dienone is 1. The van der Waals surface area contributed by atoms with E-state index in [1.54, 1.807) is 31.2 Å². The van der Waals surface area contributed by atoms with Gasteiger partial charge in [0.15, 0.2) is 0 Å². The van der Waals surface area contributed by atoms with Gasteiger partial charge in [-0.05, 0) is 43.9 Å². The maximum Gasteiger partial charge on any atom is 0.318 e. The van der Waals surface area contributed by atoms with Crippen molar-refractivity contribution in [2.45, 2.75) is 38.5 Å². The Morgan fingerprint density at radius 1 is 1.27 bits per heavy atom. The third-order valence-electron chi connectivity index (χ3n) is 4.43. The van der Waals surface area contributed by atoms with Crippen LogP contribution < -0.4 is 0 Å². The minimum absolute atomic E-state index is 0.0463. The Morgan fingerprint density at radius 2 is 1.95 bits per heavy atom. The van der Waals surface area contributed by atoms with Crippen LogP contribution in [0.1, 0.15) is 38.7 Å². The summed E-state index contributed by atoms with van der Waals surface area (Å²) in [5, 5.41) is 19.5. The van der Waals surface area contributed by atoms with Crippen molar-refractivity contribution < 1.29 is 19.8 Å². The second-order valence-corrected chi connectivity index (χ2v) is 7.08. The topological polar surface area (TPSA) is 74.6 Å². The number of halogens is 1. The van der Waals surface area contributed by atoms with Crippen LogP contribution in [-0.2, 0) is 15.0 Å². The van der Waals surface area contributed by atoms with Crippen LogP contribution in [-0.4, -0.2) is 22.2 Å². The minimum Gasteiger partial charge on any atom is -0.481 e. The normalized spacial score (nSPS) is 28.0. The van der Waals surface area contributed by atoms with Crippen LogP contribution in [0.15, 0.2) is 40.4 Å². The van der Waals surface area contributed by atoms with Gasteiger partial charge in [0, 0.05) is 4.47 Å². The molecule has 2 unspecified atom stereocenters. The molecule has 0 saturated carbocycles. The molecule has 2 rings (SSSR count). The van der Waals surface area contributed by atoms with Gasteiger partial charge in [-0.2, -0.15) is 0 Å². The van der Waals surface area contributed by atoms with Gasteiger partial charge in [0.2, 0.25) is 0 Å². The van der Waals surface area contributed by atoms with Gasteiger partial charge in [-0.15, -0.1) is 0 Å². The maximum absolute atomic E-state index is 12.1. The highest BCUT2D eigenvalue weighted by molar-refractivity contribution is 9.10. The van der Waals surface area contributed by atoms with Crippen molar-refractivity contribution in [1.82, 2.24) is 0 Å². The molecule has 4 nitrogen and oxygen atoms in total. The summed E-state index contributed by atoms with van der Waals surface area (Å²) in [6, 6.07) is 7.10. The van der Waals surface area contributed by atoms with Gasteiger partial charge in [0.05, 0.1) is 5.41 Å². The quantitative estimate of drug-likeness (QED) is 0.789. The van der Waals surface area contributed by atoms with Crippen molar-refractivity contribution >= 4 is 27.9 Å². The van der Waals surface area contributed by atoms with E-state index in [4.69, 9.17) is 0 Å². The SMILES string of the molecule is CCC1=CC(C(=O)O)(c2cccc(Br)c2)CC(C)(C(=O)O)C1. The monoisotopic (exact) mass is 366 g/mol. The predicted molar refractivity (Wildman–Crippen MR) is 86.8 cm³/mol. The van der Waals surface area contributed by atoms with Gasteiger partial charge >= 0.3 is 11.9 Å². The molecule has 22 heavy (non-hydrogen) atoms. The van der Waals surface area contributed by atoms with Crippen LogP contribution in [0.2, 0.25) is 0 Å². The Balaban J connectivity index is 2.68. The fraction of sp³-hybridized carbons (Fsp3) is 0.412. The van der Waals surface area contributed by atoms with Crippen LogP contribution >= 0.6 is 15.9 Å². The van der Waals surface area contributed by atoms with Crippen molar-refractivity contribution in [2.75, 3.05) is 0 Å². The number of carboxylic acids is 2. The van der Waals surface area contributed by atoms with Crippen LogP contribution in [0.3, 0.4) is 0 Å². The molecule has 5 heteroatoms. The molecule has 0 spiro atoms. The summed E-state index contributed by atoms with van der Waals surface area (Å²) in [5.74, 6) is -1.96. The van der Waals surface area contributed by atoms with E-state index in [1.807, 2.05) is 13.0 Å². The van der Waals surface area contributed by atoms with Gasteiger partial charge in [0.25, 0.3) is 0 Å². The Kier molecular flexibility index (Phi) is 4.47. The van der Waals surface area contributed by atoms with Gasteiger partial charge in [-0.25, -0.2) is 0 Å². The van der Waals surface area contributed by atoms with E-state index in [-0.39, 0.29) is 6.42 Å². The van der Waals surface area contributed by atoms with Crippen molar-refractivity contribution in [3.8, 4) is 0 Å². The summed E-state index contributed by atoms with van der Waals surface area (Å²) in [6.45, 7) is 3.56. The lowest BCUT2D eigenvalue weighted by Crippen LogP contribution is -2.45. The molecule has 2 N–H and O–H groups in total. The van der Waals surface area contributed by atoms with Crippen molar-refractivity contribution in [3.63, 3.8) is 0 Å². The molecule has 2 atom stereocenters. The third kappa shape index (κ3) is 2.82. The van der Waals surface area contributed by atoms with E-state index >= 15 is 0 Å². The van der Waals surface area contributed by atoms with Crippen molar-refractivity contribution in [2.24, 2.45) is 5.41 Å². The largest absolute Gasteiger partial charge is 0.481 e. The van der Waals surface area contributed by atoms with Crippen LogP contribution in [0.5, 0.6) is 0 Å². The number of hydrogen-bond donors (Lipinski definition) is 2. The average Bonchev–Trinajstić information content (AvgIpc) is 2.46. The molecular weight excluding hydrogens is 348 g/mol. The molecule has 0 aromatic heterocycles. The lowest BCUT2D eigenvalue weighted by molar-refractivity contribution is -0.152. The molecule has 0 heterocycles. The van der Waals surface area contributed by atoms with Crippen LogP contribution in [0.25, 0.3) is 0 Å².